The zero-order chi connectivity index (χ0) is 24.2. The van der Waals surface area contributed by atoms with E-state index in [1.54, 1.807) is 26.0 Å². The fraction of sp³-hybridized carbons (Fsp3) is 0.348. The molecule has 1 atom stereocenters. The lowest BCUT2D eigenvalue weighted by Crippen LogP contribution is -2.23. The lowest BCUT2D eigenvalue weighted by Gasteiger charge is -2.24. The lowest BCUT2D eigenvalue weighted by molar-refractivity contribution is -0.138. The number of pyridine rings is 1. The molecule has 0 bridgehead atoms. The van der Waals surface area contributed by atoms with E-state index in [1.807, 2.05) is 0 Å². The van der Waals surface area contributed by atoms with Crippen LogP contribution < -0.4 is 4.74 Å². The number of rotatable bonds is 7. The zero-order valence-electron chi connectivity index (χ0n) is 17.9. The number of aliphatic hydroxyl groups is 1. The van der Waals surface area contributed by atoms with E-state index in [4.69, 9.17) is 9.57 Å². The van der Waals surface area contributed by atoms with Crippen LogP contribution in [0.2, 0.25) is 0 Å². The molecular formula is C23H22F4N2O4. The highest BCUT2D eigenvalue weighted by molar-refractivity contribution is 6.23. The van der Waals surface area contributed by atoms with Crippen LogP contribution in [0.25, 0.3) is 0 Å². The molecule has 0 saturated heterocycles. The SMILES string of the molecule is CCO/N=C(/CC)C1=C(O)CC(c2cccc(Oc3ncc(C(F)(F)F)cc3F)c2)CC1=O. The van der Waals surface area contributed by atoms with Crippen LogP contribution in [0, 0.1) is 5.82 Å². The number of allylic oxidation sites excluding steroid dienone is 2. The van der Waals surface area contributed by atoms with Crippen LogP contribution in [0.1, 0.15) is 50.2 Å². The van der Waals surface area contributed by atoms with Gasteiger partial charge in [-0.3, -0.25) is 4.79 Å². The number of alkyl halides is 3. The van der Waals surface area contributed by atoms with Crippen LogP contribution in [0.4, 0.5) is 17.6 Å². The molecule has 1 aromatic carbocycles. The van der Waals surface area contributed by atoms with Gasteiger partial charge in [-0.05, 0) is 43.0 Å². The number of aromatic nitrogens is 1. The standard InChI is InChI=1S/C23H22F4N2O4/c1-3-18(29-32-4-2)21-19(30)9-14(10-20(21)31)13-6-5-7-16(8-13)33-22-17(24)11-15(12-28-22)23(25,26)27/h5-8,11-12,14,30H,3-4,9-10H2,1-2H3/b29-18-. The largest absolute Gasteiger partial charge is 0.511 e. The first kappa shape index (κ1) is 24.2. The van der Waals surface area contributed by atoms with Crippen LogP contribution in [0.3, 0.4) is 0 Å². The lowest BCUT2D eigenvalue weighted by atomic mass is 9.81. The van der Waals surface area contributed by atoms with Crippen LogP contribution >= 0.6 is 0 Å². The third kappa shape index (κ3) is 5.68. The van der Waals surface area contributed by atoms with Crippen molar-refractivity contribution < 1.29 is 37.0 Å². The summed E-state index contributed by atoms with van der Waals surface area (Å²) >= 11 is 0. The minimum Gasteiger partial charge on any atom is -0.511 e. The Bertz CT molecular complexity index is 1100. The molecule has 1 aliphatic carbocycles. The predicted octanol–water partition coefficient (Wildman–Crippen LogP) is 6.09. The Morgan fingerprint density at radius 1 is 1.24 bits per heavy atom. The average molecular weight is 466 g/mol. The van der Waals surface area contributed by atoms with E-state index in [1.165, 1.54) is 12.1 Å². The number of ketones is 1. The summed E-state index contributed by atoms with van der Waals surface area (Å²) in [7, 11) is 0. The van der Waals surface area contributed by atoms with Crippen molar-refractivity contribution >= 4 is 11.5 Å². The van der Waals surface area contributed by atoms with E-state index >= 15 is 0 Å². The Hall–Kier alpha value is -3.43. The monoisotopic (exact) mass is 466 g/mol. The summed E-state index contributed by atoms with van der Waals surface area (Å²) in [6.45, 7) is 3.88. The van der Waals surface area contributed by atoms with E-state index in [2.05, 4.69) is 10.1 Å². The van der Waals surface area contributed by atoms with Crippen molar-refractivity contribution in [2.45, 2.75) is 45.2 Å². The van der Waals surface area contributed by atoms with Crippen molar-refractivity contribution in [3.8, 4) is 11.6 Å². The molecule has 0 spiro atoms. The summed E-state index contributed by atoms with van der Waals surface area (Å²) in [6, 6.07) is 6.64. The molecule has 0 radical (unpaired) electrons. The average Bonchev–Trinajstić information content (AvgIpc) is 2.76. The molecule has 1 aliphatic rings. The molecule has 3 rings (SSSR count). The number of halogens is 4. The molecule has 2 aromatic rings. The number of benzene rings is 1. The van der Waals surface area contributed by atoms with Crippen molar-refractivity contribution in [1.82, 2.24) is 4.98 Å². The van der Waals surface area contributed by atoms with Crippen LogP contribution in [0.15, 0.2) is 53.0 Å². The second-order valence-corrected chi connectivity index (χ2v) is 7.34. The summed E-state index contributed by atoms with van der Waals surface area (Å²) in [5.41, 5.74) is -0.0536. The molecular weight excluding hydrogens is 444 g/mol. The van der Waals surface area contributed by atoms with Gasteiger partial charge in [0.25, 0.3) is 5.88 Å². The first-order chi connectivity index (χ1) is 15.6. The van der Waals surface area contributed by atoms with E-state index in [0.29, 0.717) is 36.6 Å². The number of aliphatic hydroxyl groups excluding tert-OH is 1. The summed E-state index contributed by atoms with van der Waals surface area (Å²) in [4.78, 5) is 21.2. The number of carbonyl (C=O) groups excluding carboxylic acids is 1. The number of carbonyl (C=O) groups is 1. The molecule has 1 heterocycles. The Morgan fingerprint density at radius 3 is 2.61 bits per heavy atom. The summed E-state index contributed by atoms with van der Waals surface area (Å²) in [5, 5.41) is 14.5. The fourth-order valence-electron chi connectivity index (χ4n) is 3.49. The number of Topliss-reactive ketones (excluding diaryl/α,β-unsaturated/α-hetero) is 1. The van der Waals surface area contributed by atoms with Crippen LogP contribution in [0.5, 0.6) is 11.6 Å². The maximum absolute atomic E-state index is 14.1. The molecule has 1 N–H and O–H groups in total. The maximum atomic E-state index is 14.1. The molecule has 0 saturated carbocycles. The zero-order valence-corrected chi connectivity index (χ0v) is 17.9. The Kier molecular flexibility index (Phi) is 7.35. The molecule has 1 unspecified atom stereocenters. The molecule has 176 valence electrons. The van der Waals surface area contributed by atoms with Crippen molar-refractivity contribution in [3.05, 3.63) is 64.8 Å². The minimum absolute atomic E-state index is 0.0981. The van der Waals surface area contributed by atoms with Gasteiger partial charge in [0.15, 0.2) is 11.6 Å². The number of oxime groups is 1. The topological polar surface area (TPSA) is 81.0 Å². The summed E-state index contributed by atoms with van der Waals surface area (Å²) in [5.74, 6) is -2.49. The quantitative estimate of drug-likeness (QED) is 0.303. The highest BCUT2D eigenvalue weighted by atomic mass is 19.4. The molecule has 0 aliphatic heterocycles. The van der Waals surface area contributed by atoms with Gasteiger partial charge >= 0.3 is 6.18 Å². The van der Waals surface area contributed by atoms with Crippen molar-refractivity contribution in [1.29, 1.82) is 0 Å². The smallest absolute Gasteiger partial charge is 0.417 e. The molecule has 0 amide bonds. The van der Waals surface area contributed by atoms with Gasteiger partial charge < -0.3 is 14.7 Å². The van der Waals surface area contributed by atoms with Gasteiger partial charge in [-0.15, -0.1) is 0 Å². The van der Waals surface area contributed by atoms with Crippen molar-refractivity contribution in [3.63, 3.8) is 0 Å². The van der Waals surface area contributed by atoms with Crippen molar-refractivity contribution in [2.24, 2.45) is 5.16 Å². The summed E-state index contributed by atoms with van der Waals surface area (Å²) in [6.07, 6.45) is -3.56. The predicted molar refractivity (Wildman–Crippen MR) is 112 cm³/mol. The van der Waals surface area contributed by atoms with E-state index < -0.39 is 23.4 Å². The molecule has 33 heavy (non-hydrogen) atoms. The van der Waals surface area contributed by atoms with E-state index in [9.17, 15) is 27.5 Å². The van der Waals surface area contributed by atoms with Crippen LogP contribution in [-0.2, 0) is 15.8 Å². The van der Waals surface area contributed by atoms with E-state index in [-0.39, 0.29) is 41.6 Å². The first-order valence-electron chi connectivity index (χ1n) is 10.3. The minimum atomic E-state index is -4.72. The number of nitrogens with zero attached hydrogens (tertiary/aromatic N) is 2. The third-order valence-electron chi connectivity index (χ3n) is 5.05. The third-order valence-corrected chi connectivity index (χ3v) is 5.05. The van der Waals surface area contributed by atoms with Gasteiger partial charge in [-0.2, -0.15) is 13.2 Å². The molecule has 1 aromatic heterocycles. The Labute approximate surface area is 187 Å². The first-order valence-corrected chi connectivity index (χ1v) is 10.3. The number of ether oxygens (including phenoxy) is 1. The highest BCUT2D eigenvalue weighted by Gasteiger charge is 2.33. The van der Waals surface area contributed by atoms with Gasteiger partial charge in [-0.25, -0.2) is 9.37 Å². The van der Waals surface area contributed by atoms with Gasteiger partial charge in [0.05, 0.1) is 16.8 Å². The van der Waals surface area contributed by atoms with Gasteiger partial charge in [-0.1, -0.05) is 24.2 Å². The summed E-state index contributed by atoms with van der Waals surface area (Å²) < 4.78 is 57.5. The molecule has 6 nitrogen and oxygen atoms in total. The number of hydrogen-bond acceptors (Lipinski definition) is 6. The Morgan fingerprint density at radius 2 is 2.00 bits per heavy atom. The number of hydrogen-bond donors (Lipinski definition) is 1. The van der Waals surface area contributed by atoms with Crippen LogP contribution in [-0.4, -0.2) is 28.2 Å². The normalized spacial score (nSPS) is 17.3. The van der Waals surface area contributed by atoms with Gasteiger partial charge in [0.1, 0.15) is 18.1 Å². The fourth-order valence-corrected chi connectivity index (χ4v) is 3.49. The van der Waals surface area contributed by atoms with E-state index in [0.717, 1.165) is 0 Å². The second kappa shape index (κ2) is 10.0. The molecule has 10 heteroatoms. The Balaban J connectivity index is 1.81. The second-order valence-electron chi connectivity index (χ2n) is 7.34. The van der Waals surface area contributed by atoms with Gasteiger partial charge in [0.2, 0.25) is 0 Å². The maximum Gasteiger partial charge on any atom is 0.417 e. The van der Waals surface area contributed by atoms with Gasteiger partial charge in [0, 0.05) is 19.0 Å². The van der Waals surface area contributed by atoms with Crippen molar-refractivity contribution in [2.75, 3.05) is 6.61 Å². The highest BCUT2D eigenvalue weighted by Crippen LogP contribution is 2.37. The molecule has 0 fully saturated rings.